The minimum Gasteiger partial charge on any atom is -0.496 e. The Bertz CT molecular complexity index is 1050. The number of amides is 1. The molecule has 0 saturated heterocycles. The molecule has 0 bridgehead atoms. The number of nitrogens with one attached hydrogen (secondary N) is 1. The second kappa shape index (κ2) is 8.87. The van der Waals surface area contributed by atoms with Gasteiger partial charge < -0.3 is 15.0 Å². The lowest BCUT2D eigenvalue weighted by molar-refractivity contribution is -0.114. The number of ether oxygens (including phenoxy) is 1. The molecular formula is C26H26N2O2. The normalized spacial score (nSPS) is 18.1. The molecule has 30 heavy (non-hydrogen) atoms. The van der Waals surface area contributed by atoms with Crippen LogP contribution in [0.15, 0.2) is 84.9 Å². The summed E-state index contributed by atoms with van der Waals surface area (Å²) in [6.45, 7) is 2.10. The lowest BCUT2D eigenvalue weighted by atomic mass is 9.91. The van der Waals surface area contributed by atoms with Gasteiger partial charge in [0.15, 0.2) is 0 Å². The Labute approximate surface area is 177 Å². The predicted octanol–water partition coefficient (Wildman–Crippen LogP) is 5.69. The molecule has 1 N–H and O–H groups in total. The van der Waals surface area contributed by atoms with E-state index in [-0.39, 0.29) is 18.0 Å². The van der Waals surface area contributed by atoms with Gasteiger partial charge in [0.25, 0.3) is 5.91 Å². The smallest absolute Gasteiger partial charge is 0.251 e. The van der Waals surface area contributed by atoms with Crippen molar-refractivity contribution in [3.8, 4) is 5.75 Å². The fourth-order valence-electron chi connectivity index (χ4n) is 4.07. The van der Waals surface area contributed by atoms with E-state index in [0.717, 1.165) is 34.7 Å². The summed E-state index contributed by atoms with van der Waals surface area (Å²) in [5.74, 6) is 0.722. The Balaban J connectivity index is 1.61. The van der Waals surface area contributed by atoms with Crippen LogP contribution in [0.1, 0.15) is 30.5 Å². The summed E-state index contributed by atoms with van der Waals surface area (Å²) in [5, 5.41) is 3.63. The van der Waals surface area contributed by atoms with Crippen molar-refractivity contribution in [1.29, 1.82) is 0 Å². The van der Waals surface area contributed by atoms with Gasteiger partial charge in [-0.25, -0.2) is 0 Å². The van der Waals surface area contributed by atoms with Gasteiger partial charge in [-0.15, -0.1) is 0 Å². The number of fused-ring (bicyclic) bond motifs is 1. The maximum atomic E-state index is 13.2. The topological polar surface area (TPSA) is 41.6 Å². The third kappa shape index (κ3) is 4.08. The van der Waals surface area contributed by atoms with Gasteiger partial charge in [0.2, 0.25) is 0 Å². The van der Waals surface area contributed by atoms with Crippen molar-refractivity contribution >= 4 is 23.4 Å². The van der Waals surface area contributed by atoms with Crippen molar-refractivity contribution in [2.75, 3.05) is 17.3 Å². The van der Waals surface area contributed by atoms with E-state index in [1.807, 2.05) is 71.6 Å². The van der Waals surface area contributed by atoms with Gasteiger partial charge in [-0.05, 0) is 49.2 Å². The first-order valence-corrected chi connectivity index (χ1v) is 10.2. The quantitative estimate of drug-likeness (QED) is 0.562. The van der Waals surface area contributed by atoms with Crippen LogP contribution in [-0.4, -0.2) is 19.1 Å². The van der Waals surface area contributed by atoms with Gasteiger partial charge in [-0.3, -0.25) is 4.79 Å². The molecule has 1 aliphatic rings. The molecule has 2 atom stereocenters. The van der Waals surface area contributed by atoms with Gasteiger partial charge in [0, 0.05) is 29.1 Å². The second-order valence-corrected chi connectivity index (χ2v) is 7.49. The molecule has 0 fully saturated rings. The van der Waals surface area contributed by atoms with Crippen LogP contribution in [0.25, 0.3) is 6.08 Å². The van der Waals surface area contributed by atoms with Crippen LogP contribution >= 0.6 is 0 Å². The summed E-state index contributed by atoms with van der Waals surface area (Å²) >= 11 is 0. The molecule has 4 rings (SSSR count). The predicted molar refractivity (Wildman–Crippen MR) is 123 cm³/mol. The van der Waals surface area contributed by atoms with Gasteiger partial charge in [0.05, 0.1) is 13.2 Å². The zero-order valence-corrected chi connectivity index (χ0v) is 17.3. The molecule has 3 aromatic rings. The highest BCUT2D eigenvalue weighted by Crippen LogP contribution is 2.39. The van der Waals surface area contributed by atoms with Crippen LogP contribution in [0.4, 0.5) is 11.4 Å². The number of benzene rings is 3. The molecule has 2 unspecified atom stereocenters. The lowest BCUT2D eigenvalue weighted by Crippen LogP contribution is -2.43. The van der Waals surface area contributed by atoms with Crippen LogP contribution in [0.3, 0.4) is 0 Å². The molecule has 4 heteroatoms. The Hall–Kier alpha value is -3.53. The summed E-state index contributed by atoms with van der Waals surface area (Å²) in [5.41, 5.74) is 4.06. The largest absolute Gasteiger partial charge is 0.496 e. The standard InChI is InChI=1S/C26H26N2O2/c1-19-18-23(27-21-11-4-3-5-12-21)22-13-7-8-14-24(22)28(19)26(29)17-16-20-10-6-9-15-25(20)30-2/h3-17,19,23,27H,18H2,1-2H3. The lowest BCUT2D eigenvalue weighted by Gasteiger charge is -2.39. The highest BCUT2D eigenvalue weighted by atomic mass is 16.5. The molecule has 3 aromatic carbocycles. The highest BCUT2D eigenvalue weighted by molar-refractivity contribution is 6.05. The van der Waals surface area contributed by atoms with Crippen molar-refractivity contribution in [2.24, 2.45) is 0 Å². The van der Waals surface area contributed by atoms with Crippen LogP contribution in [0.2, 0.25) is 0 Å². The average Bonchev–Trinajstić information content (AvgIpc) is 2.78. The summed E-state index contributed by atoms with van der Waals surface area (Å²) in [7, 11) is 1.64. The van der Waals surface area contributed by atoms with Gasteiger partial charge in [0.1, 0.15) is 5.75 Å². The van der Waals surface area contributed by atoms with Crippen molar-refractivity contribution in [3.05, 3.63) is 96.1 Å². The van der Waals surface area contributed by atoms with Gasteiger partial charge in [-0.1, -0.05) is 54.6 Å². The number of methoxy groups -OCH3 is 1. The van der Waals surface area contributed by atoms with Crippen molar-refractivity contribution in [2.45, 2.75) is 25.4 Å². The Kier molecular flexibility index (Phi) is 5.84. The number of para-hydroxylation sites is 3. The van der Waals surface area contributed by atoms with Crippen LogP contribution < -0.4 is 15.0 Å². The monoisotopic (exact) mass is 398 g/mol. The van der Waals surface area contributed by atoms with E-state index < -0.39 is 0 Å². The van der Waals surface area contributed by atoms with E-state index >= 15 is 0 Å². The fraction of sp³-hybridized carbons (Fsp3) is 0.192. The van der Waals surface area contributed by atoms with Crippen LogP contribution in [-0.2, 0) is 4.79 Å². The minimum atomic E-state index is -0.0287. The molecule has 152 valence electrons. The van der Waals surface area contributed by atoms with E-state index in [0.29, 0.717) is 0 Å². The summed E-state index contributed by atoms with van der Waals surface area (Å²) in [4.78, 5) is 15.1. The van der Waals surface area contributed by atoms with E-state index in [2.05, 4.69) is 30.4 Å². The number of carbonyl (C=O) groups excluding carboxylic acids is 1. The number of hydrogen-bond donors (Lipinski definition) is 1. The third-order valence-corrected chi connectivity index (χ3v) is 5.49. The van der Waals surface area contributed by atoms with E-state index in [1.54, 1.807) is 13.2 Å². The molecule has 0 spiro atoms. The number of carbonyl (C=O) groups is 1. The van der Waals surface area contributed by atoms with Crippen molar-refractivity contribution < 1.29 is 9.53 Å². The highest BCUT2D eigenvalue weighted by Gasteiger charge is 2.32. The SMILES string of the molecule is COc1ccccc1C=CC(=O)N1c2ccccc2C(Nc2ccccc2)CC1C. The fourth-order valence-corrected chi connectivity index (χ4v) is 4.07. The summed E-state index contributed by atoms with van der Waals surface area (Å²) in [6.07, 6.45) is 4.29. The molecule has 0 saturated carbocycles. The zero-order valence-electron chi connectivity index (χ0n) is 17.3. The summed E-state index contributed by atoms with van der Waals surface area (Å²) < 4.78 is 5.39. The minimum absolute atomic E-state index is 0.0287. The Morgan fingerprint density at radius 2 is 1.70 bits per heavy atom. The number of anilines is 2. The van der Waals surface area contributed by atoms with Gasteiger partial charge in [-0.2, -0.15) is 0 Å². The maximum Gasteiger partial charge on any atom is 0.251 e. The second-order valence-electron chi connectivity index (χ2n) is 7.49. The van der Waals surface area contributed by atoms with Crippen molar-refractivity contribution in [3.63, 3.8) is 0 Å². The first kappa shape index (κ1) is 19.8. The summed E-state index contributed by atoms with van der Waals surface area (Å²) in [6, 6.07) is 26.3. The van der Waals surface area contributed by atoms with E-state index in [1.165, 1.54) is 0 Å². The molecule has 1 aliphatic heterocycles. The Morgan fingerprint density at radius 1 is 1.00 bits per heavy atom. The zero-order chi connectivity index (χ0) is 20.9. The first-order chi connectivity index (χ1) is 14.7. The molecular weight excluding hydrogens is 372 g/mol. The van der Waals surface area contributed by atoms with Crippen LogP contribution in [0, 0.1) is 0 Å². The molecule has 1 heterocycles. The van der Waals surface area contributed by atoms with E-state index in [4.69, 9.17) is 4.74 Å². The van der Waals surface area contributed by atoms with Crippen LogP contribution in [0.5, 0.6) is 5.75 Å². The van der Waals surface area contributed by atoms with Gasteiger partial charge >= 0.3 is 0 Å². The molecule has 0 radical (unpaired) electrons. The number of hydrogen-bond acceptors (Lipinski definition) is 3. The Morgan fingerprint density at radius 3 is 2.50 bits per heavy atom. The van der Waals surface area contributed by atoms with Crippen molar-refractivity contribution in [1.82, 2.24) is 0 Å². The molecule has 0 aliphatic carbocycles. The molecule has 4 nitrogen and oxygen atoms in total. The first-order valence-electron chi connectivity index (χ1n) is 10.2. The third-order valence-electron chi connectivity index (χ3n) is 5.49. The van der Waals surface area contributed by atoms with E-state index in [9.17, 15) is 4.79 Å². The number of nitrogens with zero attached hydrogens (tertiary/aromatic N) is 1. The number of rotatable bonds is 5. The molecule has 0 aromatic heterocycles. The maximum absolute atomic E-state index is 13.2. The average molecular weight is 399 g/mol. The molecule has 1 amide bonds.